The van der Waals surface area contributed by atoms with Crippen LogP contribution in [0.25, 0.3) is 0 Å². The van der Waals surface area contributed by atoms with Crippen molar-refractivity contribution in [1.82, 2.24) is 15.2 Å². The minimum absolute atomic E-state index is 0.167. The molecule has 1 aromatic heterocycles. The Balaban J connectivity index is 0.00000129. The average Bonchev–Trinajstić information content (AvgIpc) is 3.18. The van der Waals surface area contributed by atoms with Gasteiger partial charge in [-0.05, 0) is 62.3 Å². The van der Waals surface area contributed by atoms with Crippen LogP contribution in [0.15, 0.2) is 73.6 Å². The fourth-order valence-electron chi connectivity index (χ4n) is 3.69. The number of likely N-dealkylation sites (tertiary alicyclic amines) is 1. The lowest BCUT2D eigenvalue weighted by atomic mass is 10.1. The number of piperidine rings is 1. The number of aromatic nitrogens is 1. The summed E-state index contributed by atoms with van der Waals surface area (Å²) in [6, 6.07) is 4.29. The number of amides is 1. The van der Waals surface area contributed by atoms with Crippen molar-refractivity contribution in [3.05, 3.63) is 79.2 Å². The van der Waals surface area contributed by atoms with Gasteiger partial charge in [0.1, 0.15) is 0 Å². The Morgan fingerprint density at radius 3 is 2.55 bits per heavy atom. The molecule has 0 saturated carbocycles. The third-order valence-electron chi connectivity index (χ3n) is 5.60. The molecule has 1 aliphatic carbocycles. The molecule has 2 heterocycles. The van der Waals surface area contributed by atoms with Crippen molar-refractivity contribution >= 4 is 5.91 Å². The highest BCUT2D eigenvalue weighted by atomic mass is 16.5. The van der Waals surface area contributed by atoms with Crippen molar-refractivity contribution in [2.75, 3.05) is 26.2 Å². The first kappa shape index (κ1) is 28.5. The van der Waals surface area contributed by atoms with E-state index >= 15 is 0 Å². The molecule has 3 rings (SSSR count). The standard InChI is InChI=1S/C24H33N3O2.C2H6.C2H4/c1-19(17-26-20(2)21-9-13-25-14-10-21)18-29-23-11-15-27(16-12-23)24(28)22-7-5-3-4-6-8-22;2*1-2/h5,7-10,13-14,20,23,26H,1,3-4,6,11-12,15-18H2,2H3;1-2H3;1-2H2. The summed E-state index contributed by atoms with van der Waals surface area (Å²) in [5.74, 6) is 0.167. The molecule has 0 bridgehead atoms. The number of hydrogen-bond donors (Lipinski definition) is 1. The van der Waals surface area contributed by atoms with Gasteiger partial charge in [-0.3, -0.25) is 9.78 Å². The minimum atomic E-state index is 0.167. The molecule has 0 radical (unpaired) electrons. The fraction of sp³-hybridized carbons (Fsp3) is 0.500. The van der Waals surface area contributed by atoms with Gasteiger partial charge in [0, 0.05) is 43.6 Å². The third-order valence-corrected chi connectivity index (χ3v) is 5.60. The number of rotatable bonds is 8. The Labute approximate surface area is 201 Å². The summed E-state index contributed by atoms with van der Waals surface area (Å²) >= 11 is 0. The monoisotopic (exact) mass is 453 g/mol. The predicted molar refractivity (Wildman–Crippen MR) is 139 cm³/mol. The van der Waals surface area contributed by atoms with E-state index in [4.69, 9.17) is 4.74 Å². The highest BCUT2D eigenvalue weighted by Crippen LogP contribution is 2.19. The van der Waals surface area contributed by atoms with Crippen LogP contribution in [0.2, 0.25) is 0 Å². The Bertz CT molecular complexity index is 750. The molecule has 1 fully saturated rings. The number of carbonyl (C=O) groups excluding carboxylic acids is 1. The van der Waals surface area contributed by atoms with Crippen molar-refractivity contribution in [2.24, 2.45) is 0 Å². The van der Waals surface area contributed by atoms with Crippen molar-refractivity contribution in [1.29, 1.82) is 0 Å². The van der Waals surface area contributed by atoms with E-state index in [0.717, 1.165) is 62.9 Å². The third kappa shape index (κ3) is 10.3. The van der Waals surface area contributed by atoms with Gasteiger partial charge in [-0.1, -0.05) is 38.7 Å². The van der Waals surface area contributed by atoms with E-state index in [0.29, 0.717) is 6.61 Å². The number of hydrogen-bond acceptors (Lipinski definition) is 4. The van der Waals surface area contributed by atoms with Crippen LogP contribution in [-0.2, 0) is 9.53 Å². The van der Waals surface area contributed by atoms with Crippen LogP contribution < -0.4 is 5.32 Å². The maximum Gasteiger partial charge on any atom is 0.253 e. The molecule has 1 aliphatic heterocycles. The Hall–Kier alpha value is -2.50. The largest absolute Gasteiger partial charge is 0.374 e. The van der Waals surface area contributed by atoms with E-state index < -0.39 is 0 Å². The van der Waals surface area contributed by atoms with Gasteiger partial charge in [0.15, 0.2) is 0 Å². The molecule has 1 N–H and O–H groups in total. The number of carbonyl (C=O) groups is 1. The average molecular weight is 454 g/mol. The lowest BCUT2D eigenvalue weighted by Gasteiger charge is -2.32. The fourth-order valence-corrected chi connectivity index (χ4v) is 3.69. The van der Waals surface area contributed by atoms with Gasteiger partial charge in [0.2, 0.25) is 0 Å². The van der Waals surface area contributed by atoms with Crippen molar-refractivity contribution in [3.63, 3.8) is 0 Å². The van der Waals surface area contributed by atoms with Crippen LogP contribution in [0, 0.1) is 0 Å². The molecular formula is C28H43N3O2. The Morgan fingerprint density at radius 1 is 1.21 bits per heavy atom. The van der Waals surface area contributed by atoms with Crippen LogP contribution in [0.4, 0.5) is 0 Å². The van der Waals surface area contributed by atoms with E-state index in [1.54, 1.807) is 0 Å². The van der Waals surface area contributed by atoms with Gasteiger partial charge in [-0.25, -0.2) is 0 Å². The Morgan fingerprint density at radius 2 is 1.88 bits per heavy atom. The summed E-state index contributed by atoms with van der Waals surface area (Å²) in [5, 5.41) is 3.48. The van der Waals surface area contributed by atoms with E-state index in [9.17, 15) is 4.79 Å². The topological polar surface area (TPSA) is 54.5 Å². The molecule has 2 aliphatic rings. The zero-order valence-electron chi connectivity index (χ0n) is 20.9. The van der Waals surface area contributed by atoms with Gasteiger partial charge in [0.25, 0.3) is 5.91 Å². The lowest BCUT2D eigenvalue weighted by Crippen LogP contribution is -2.41. The van der Waals surface area contributed by atoms with Crippen molar-refractivity contribution in [2.45, 2.75) is 65.0 Å². The zero-order valence-corrected chi connectivity index (χ0v) is 20.9. The molecule has 5 heteroatoms. The molecule has 0 aromatic carbocycles. The summed E-state index contributed by atoms with van der Waals surface area (Å²) in [6.07, 6.45) is 15.0. The quantitative estimate of drug-likeness (QED) is 0.506. The summed E-state index contributed by atoms with van der Waals surface area (Å²) in [6.45, 7) is 19.1. The smallest absolute Gasteiger partial charge is 0.253 e. The highest BCUT2D eigenvalue weighted by molar-refractivity contribution is 5.96. The second-order valence-electron chi connectivity index (χ2n) is 7.93. The molecule has 182 valence electrons. The number of pyridine rings is 1. The van der Waals surface area contributed by atoms with Gasteiger partial charge in [-0.15, -0.1) is 13.2 Å². The summed E-state index contributed by atoms with van der Waals surface area (Å²) in [5.41, 5.74) is 3.10. The van der Waals surface area contributed by atoms with Crippen LogP contribution >= 0.6 is 0 Å². The predicted octanol–water partition coefficient (Wildman–Crippen LogP) is 5.79. The number of nitrogens with one attached hydrogen (secondary N) is 1. The molecule has 1 saturated heterocycles. The summed E-state index contributed by atoms with van der Waals surface area (Å²) < 4.78 is 6.06. The van der Waals surface area contributed by atoms with Crippen LogP contribution in [0.3, 0.4) is 0 Å². The second-order valence-corrected chi connectivity index (χ2v) is 7.93. The molecule has 0 spiro atoms. The maximum atomic E-state index is 12.7. The van der Waals surface area contributed by atoms with Gasteiger partial charge < -0.3 is 15.0 Å². The van der Waals surface area contributed by atoms with Crippen LogP contribution in [0.1, 0.15) is 64.5 Å². The molecule has 5 nitrogen and oxygen atoms in total. The molecule has 1 atom stereocenters. The van der Waals surface area contributed by atoms with Gasteiger partial charge >= 0.3 is 0 Å². The molecule has 1 amide bonds. The lowest BCUT2D eigenvalue weighted by molar-refractivity contribution is -0.129. The number of ether oxygens (including phenoxy) is 1. The maximum absolute atomic E-state index is 12.7. The first-order valence-electron chi connectivity index (χ1n) is 12.2. The van der Waals surface area contributed by atoms with Crippen LogP contribution in [-0.4, -0.2) is 48.1 Å². The normalized spacial score (nSPS) is 16.8. The van der Waals surface area contributed by atoms with Crippen LogP contribution in [0.5, 0.6) is 0 Å². The van der Waals surface area contributed by atoms with Crippen molar-refractivity contribution in [3.8, 4) is 0 Å². The Kier molecular flexibility index (Phi) is 14.7. The summed E-state index contributed by atoms with van der Waals surface area (Å²) in [4.78, 5) is 18.7. The minimum Gasteiger partial charge on any atom is -0.374 e. The van der Waals surface area contributed by atoms with Crippen molar-refractivity contribution < 1.29 is 9.53 Å². The van der Waals surface area contributed by atoms with E-state index in [-0.39, 0.29) is 18.1 Å². The highest BCUT2D eigenvalue weighted by Gasteiger charge is 2.24. The molecular weight excluding hydrogens is 410 g/mol. The first-order chi connectivity index (χ1) is 16.1. The number of allylic oxidation sites excluding steroid dienone is 2. The molecule has 33 heavy (non-hydrogen) atoms. The second kappa shape index (κ2) is 17.0. The molecule has 1 unspecified atom stereocenters. The number of nitrogens with zero attached hydrogens (tertiary/aromatic N) is 2. The van der Waals surface area contributed by atoms with Gasteiger partial charge in [0.05, 0.1) is 12.7 Å². The van der Waals surface area contributed by atoms with E-state index in [1.165, 1.54) is 5.56 Å². The van der Waals surface area contributed by atoms with E-state index in [2.05, 4.69) is 49.1 Å². The van der Waals surface area contributed by atoms with Gasteiger partial charge in [-0.2, -0.15) is 0 Å². The molecule has 1 aromatic rings. The first-order valence-corrected chi connectivity index (χ1v) is 12.2. The summed E-state index contributed by atoms with van der Waals surface area (Å²) in [7, 11) is 0. The zero-order chi connectivity index (χ0) is 24.5. The SMILES string of the molecule is C=C.C=C(CNC(C)c1ccncc1)COC1CCN(C(=O)C2=CCCCC=C2)CC1.CC. The van der Waals surface area contributed by atoms with E-state index in [1.807, 2.05) is 49.3 Å².